The van der Waals surface area contributed by atoms with E-state index in [9.17, 15) is 12.8 Å². The van der Waals surface area contributed by atoms with Gasteiger partial charge in [0, 0.05) is 22.4 Å². The predicted molar refractivity (Wildman–Crippen MR) is 74.3 cm³/mol. The normalized spacial score (nSPS) is 28.3. The van der Waals surface area contributed by atoms with E-state index in [2.05, 4.69) is 5.32 Å². The van der Waals surface area contributed by atoms with Gasteiger partial charge in [0.15, 0.2) is 9.84 Å². The molecule has 1 N–H and O–H groups in total. The van der Waals surface area contributed by atoms with Gasteiger partial charge in [0.25, 0.3) is 0 Å². The summed E-state index contributed by atoms with van der Waals surface area (Å²) < 4.78 is 36.5. The van der Waals surface area contributed by atoms with Crippen LogP contribution in [-0.2, 0) is 9.84 Å². The number of nitrogens with one attached hydrogen (secondary N) is 1. The number of hydrogen-bond acceptors (Lipinski definition) is 4. The zero-order valence-electron chi connectivity index (χ0n) is 10.2. The Morgan fingerprint density at radius 2 is 2.21 bits per heavy atom. The smallest absolute Gasteiger partial charge is 0.173 e. The third-order valence-electron chi connectivity index (χ3n) is 3.37. The minimum atomic E-state index is -3.05. The number of benzene rings is 1. The fraction of sp³-hybridized carbons (Fsp3) is 0.385. The van der Waals surface area contributed by atoms with Crippen LogP contribution in [0, 0.1) is 5.82 Å². The first-order valence-corrected chi connectivity index (χ1v) is 8.83. The summed E-state index contributed by atoms with van der Waals surface area (Å²) in [7, 11) is -3.05. The molecule has 19 heavy (non-hydrogen) atoms. The zero-order valence-corrected chi connectivity index (χ0v) is 11.8. The maximum atomic E-state index is 13.7. The number of hydrogen-bond donors (Lipinski definition) is 1. The van der Waals surface area contributed by atoms with Gasteiger partial charge in [-0.1, -0.05) is 18.2 Å². The van der Waals surface area contributed by atoms with E-state index >= 15 is 0 Å². The third kappa shape index (κ3) is 2.70. The first-order valence-electron chi connectivity index (χ1n) is 6.13. The van der Waals surface area contributed by atoms with Crippen LogP contribution < -0.4 is 5.32 Å². The molecular formula is C13H14FNO2S2. The molecule has 1 aromatic carbocycles. The van der Waals surface area contributed by atoms with Crippen LogP contribution in [0.1, 0.15) is 18.0 Å². The molecule has 6 heteroatoms. The van der Waals surface area contributed by atoms with E-state index in [1.54, 1.807) is 12.1 Å². The van der Waals surface area contributed by atoms with Crippen LogP contribution in [0.25, 0.3) is 0 Å². The second-order valence-electron chi connectivity index (χ2n) is 4.78. The van der Waals surface area contributed by atoms with E-state index in [1.807, 2.05) is 6.07 Å². The summed E-state index contributed by atoms with van der Waals surface area (Å²) >= 11 is 1.53. The van der Waals surface area contributed by atoms with Gasteiger partial charge in [0.2, 0.25) is 0 Å². The Kier molecular flexibility index (Phi) is 3.41. The van der Waals surface area contributed by atoms with Crippen LogP contribution in [0.15, 0.2) is 34.6 Å². The Hall–Kier alpha value is -0.850. The van der Waals surface area contributed by atoms with E-state index < -0.39 is 9.84 Å². The van der Waals surface area contributed by atoms with Crippen molar-refractivity contribution in [2.75, 3.05) is 11.5 Å². The summed E-state index contributed by atoms with van der Waals surface area (Å²) in [4.78, 5) is 0.691. The zero-order chi connectivity index (χ0) is 13.5. The van der Waals surface area contributed by atoms with Crippen molar-refractivity contribution in [3.63, 3.8) is 0 Å². The topological polar surface area (TPSA) is 46.2 Å². The lowest BCUT2D eigenvalue weighted by Gasteiger charge is -2.28. The van der Waals surface area contributed by atoms with Crippen LogP contribution in [0.4, 0.5) is 4.39 Å². The molecule has 0 aromatic heterocycles. The van der Waals surface area contributed by atoms with Crippen LogP contribution in [0.3, 0.4) is 0 Å². The second-order valence-corrected chi connectivity index (χ2v) is 7.82. The number of sulfone groups is 1. The van der Waals surface area contributed by atoms with Crippen molar-refractivity contribution in [2.24, 2.45) is 0 Å². The van der Waals surface area contributed by atoms with Crippen LogP contribution in [0.5, 0.6) is 0 Å². The van der Waals surface area contributed by atoms with E-state index in [1.165, 1.54) is 23.2 Å². The number of rotatable bonds is 2. The Bertz CT molecular complexity index is 628. The second kappa shape index (κ2) is 4.92. The third-order valence-corrected chi connectivity index (χ3v) is 5.93. The first kappa shape index (κ1) is 13.1. The molecule has 1 aromatic rings. The first-order chi connectivity index (χ1) is 9.05. The Morgan fingerprint density at radius 1 is 1.37 bits per heavy atom. The lowest BCUT2D eigenvalue weighted by molar-refractivity contribution is 0.475. The van der Waals surface area contributed by atoms with Crippen molar-refractivity contribution >= 4 is 21.6 Å². The van der Waals surface area contributed by atoms with Crippen LogP contribution in [-0.4, -0.2) is 26.0 Å². The summed E-state index contributed by atoms with van der Waals surface area (Å²) in [5, 5.41) is 4.57. The van der Waals surface area contributed by atoms with Gasteiger partial charge in [-0.2, -0.15) is 0 Å². The van der Waals surface area contributed by atoms with Gasteiger partial charge in [-0.05, 0) is 23.8 Å². The summed E-state index contributed by atoms with van der Waals surface area (Å²) in [5.41, 5.74) is 0.939. The molecule has 0 aliphatic carbocycles. The van der Waals surface area contributed by atoms with E-state index in [0.29, 0.717) is 4.90 Å². The largest absolute Gasteiger partial charge is 0.303 e. The molecule has 3 rings (SSSR count). The van der Waals surface area contributed by atoms with Gasteiger partial charge in [0.05, 0.1) is 5.75 Å². The van der Waals surface area contributed by atoms with Crippen molar-refractivity contribution < 1.29 is 12.8 Å². The summed E-state index contributed by atoms with van der Waals surface area (Å²) in [5.74, 6) is 0.749. The lowest BCUT2D eigenvalue weighted by Crippen LogP contribution is -2.35. The van der Waals surface area contributed by atoms with Gasteiger partial charge in [0.1, 0.15) is 5.82 Å². The number of thioether (sulfide) groups is 1. The quantitative estimate of drug-likeness (QED) is 0.910. The lowest BCUT2D eigenvalue weighted by atomic mass is 10.0. The number of halogens is 1. The molecule has 0 saturated heterocycles. The van der Waals surface area contributed by atoms with E-state index in [0.717, 1.165) is 17.7 Å². The molecule has 2 atom stereocenters. The fourth-order valence-corrected chi connectivity index (χ4v) is 4.89. The minimum absolute atomic E-state index is 0.0231. The van der Waals surface area contributed by atoms with Gasteiger partial charge in [-0.25, -0.2) is 12.8 Å². The van der Waals surface area contributed by atoms with Crippen molar-refractivity contribution in [1.29, 1.82) is 0 Å². The van der Waals surface area contributed by atoms with Crippen molar-refractivity contribution in [1.82, 2.24) is 5.32 Å². The van der Waals surface area contributed by atoms with Gasteiger partial charge in [-0.15, -0.1) is 11.8 Å². The fourth-order valence-electron chi connectivity index (χ4n) is 2.50. The van der Waals surface area contributed by atoms with Crippen molar-refractivity contribution in [3.05, 3.63) is 41.1 Å². The van der Waals surface area contributed by atoms with Gasteiger partial charge >= 0.3 is 0 Å². The average Bonchev–Trinajstić information content (AvgIpc) is 2.70. The maximum Gasteiger partial charge on any atom is 0.173 e. The molecule has 2 aliphatic heterocycles. The summed E-state index contributed by atoms with van der Waals surface area (Å²) in [6, 6.07) is 4.93. The minimum Gasteiger partial charge on any atom is -0.303 e. The number of fused-ring (bicyclic) bond motifs is 1. The monoisotopic (exact) mass is 299 g/mol. The molecule has 2 aliphatic rings. The Labute approximate surface area is 116 Å². The molecule has 102 valence electrons. The molecule has 0 spiro atoms. The van der Waals surface area contributed by atoms with Gasteiger partial charge < -0.3 is 5.32 Å². The molecule has 0 bridgehead atoms. The van der Waals surface area contributed by atoms with Gasteiger partial charge in [-0.3, -0.25) is 0 Å². The maximum absolute atomic E-state index is 13.7. The Morgan fingerprint density at radius 3 is 2.95 bits per heavy atom. The molecule has 0 amide bonds. The van der Waals surface area contributed by atoms with E-state index in [-0.39, 0.29) is 23.7 Å². The van der Waals surface area contributed by atoms with E-state index in [4.69, 9.17) is 0 Å². The van der Waals surface area contributed by atoms with Crippen molar-refractivity contribution in [3.8, 4) is 0 Å². The predicted octanol–water partition coefficient (Wildman–Crippen LogP) is 2.26. The summed E-state index contributed by atoms with van der Waals surface area (Å²) in [6.45, 7) is 0. The SMILES string of the molecule is O=S1(=O)C=CC(NC2CCSc3c(F)cccc32)C1. The molecule has 0 saturated carbocycles. The highest BCUT2D eigenvalue weighted by Crippen LogP contribution is 2.38. The summed E-state index contributed by atoms with van der Waals surface area (Å²) in [6.07, 6.45) is 2.56. The highest BCUT2D eigenvalue weighted by Gasteiger charge is 2.28. The molecule has 0 fully saturated rings. The molecule has 2 unspecified atom stereocenters. The molecule has 0 radical (unpaired) electrons. The molecular weight excluding hydrogens is 285 g/mol. The van der Waals surface area contributed by atoms with Crippen LogP contribution >= 0.6 is 11.8 Å². The highest BCUT2D eigenvalue weighted by molar-refractivity contribution is 7.99. The molecule has 2 heterocycles. The molecule has 3 nitrogen and oxygen atoms in total. The Balaban J connectivity index is 1.82. The van der Waals surface area contributed by atoms with Crippen LogP contribution in [0.2, 0.25) is 0 Å². The highest BCUT2D eigenvalue weighted by atomic mass is 32.2. The standard InChI is InChI=1S/C13H14FNO2S2/c14-11-3-1-2-10-12(4-6-18-13(10)11)15-9-5-7-19(16,17)8-9/h1-3,5,7,9,12,15H,4,6,8H2. The average molecular weight is 299 g/mol. The van der Waals surface area contributed by atoms with Crippen molar-refractivity contribution in [2.45, 2.75) is 23.4 Å².